The molecule has 3 nitrogen and oxygen atoms in total. The van der Waals surface area contributed by atoms with Crippen LogP contribution in [0, 0.1) is 11.6 Å². The minimum absolute atomic E-state index is 0.0130. The highest BCUT2D eigenvalue weighted by atomic mass is 19.1. The monoisotopic (exact) mass is 432 g/mol. The average Bonchev–Trinajstić information content (AvgIpc) is 3.05. The number of hydrogen-bond donors (Lipinski definition) is 0. The van der Waals surface area contributed by atoms with E-state index in [-0.39, 0.29) is 30.0 Å². The van der Waals surface area contributed by atoms with Crippen LogP contribution in [-0.2, 0) is 18.5 Å². The van der Waals surface area contributed by atoms with E-state index in [2.05, 4.69) is 32.3 Å². The molecular formula is C27H26F2N2O. The molecule has 1 aliphatic heterocycles. The van der Waals surface area contributed by atoms with Crippen molar-refractivity contribution < 1.29 is 13.6 Å². The third-order valence-electron chi connectivity index (χ3n) is 6.05. The van der Waals surface area contributed by atoms with Crippen molar-refractivity contribution in [2.75, 3.05) is 0 Å². The van der Waals surface area contributed by atoms with Gasteiger partial charge in [0.15, 0.2) is 0 Å². The van der Waals surface area contributed by atoms with Crippen molar-refractivity contribution in [2.24, 2.45) is 0 Å². The van der Waals surface area contributed by atoms with Crippen LogP contribution < -0.4 is 10.4 Å². The molecular weight excluding hydrogens is 406 g/mol. The smallest absolute Gasteiger partial charge is 0.256 e. The Hall–Kier alpha value is -3.34. The minimum atomic E-state index is -0.673. The molecule has 1 aromatic heterocycles. The number of hydrogen-bond acceptors (Lipinski definition) is 2. The van der Waals surface area contributed by atoms with Gasteiger partial charge < -0.3 is 4.90 Å². The fourth-order valence-corrected chi connectivity index (χ4v) is 4.05. The van der Waals surface area contributed by atoms with E-state index >= 15 is 0 Å². The van der Waals surface area contributed by atoms with Crippen molar-refractivity contribution in [1.29, 1.82) is 0 Å². The number of aromatic nitrogens is 1. The van der Waals surface area contributed by atoms with E-state index in [1.165, 1.54) is 17.0 Å². The summed E-state index contributed by atoms with van der Waals surface area (Å²) >= 11 is 0. The van der Waals surface area contributed by atoms with Crippen molar-refractivity contribution in [3.05, 3.63) is 98.7 Å². The summed E-state index contributed by atoms with van der Waals surface area (Å²) < 4.78 is 30.0. The highest BCUT2D eigenvalue weighted by Gasteiger charge is 2.29. The number of nitrogens with zero attached hydrogens (tertiary/aromatic N) is 2. The number of benzene rings is 2. The Kier molecular flexibility index (Phi) is 5.45. The van der Waals surface area contributed by atoms with Crippen molar-refractivity contribution >= 4 is 18.1 Å². The summed E-state index contributed by atoms with van der Waals surface area (Å²) in [6.45, 7) is 12.5. The topological polar surface area (TPSA) is 33.2 Å². The lowest BCUT2D eigenvalue weighted by Crippen LogP contribution is -2.28. The molecule has 0 N–H and O–H groups in total. The fraction of sp³-hybridized carbons (Fsp3) is 0.259. The summed E-state index contributed by atoms with van der Waals surface area (Å²) in [5, 5.41) is 1.66. The van der Waals surface area contributed by atoms with E-state index in [0.29, 0.717) is 16.8 Å². The van der Waals surface area contributed by atoms with Crippen molar-refractivity contribution in [3.63, 3.8) is 0 Å². The van der Waals surface area contributed by atoms with Crippen LogP contribution in [0.3, 0.4) is 0 Å². The summed E-state index contributed by atoms with van der Waals surface area (Å²) in [7, 11) is 0. The second-order valence-electron chi connectivity index (χ2n) is 9.32. The van der Waals surface area contributed by atoms with Crippen LogP contribution in [0.4, 0.5) is 8.78 Å². The van der Waals surface area contributed by atoms with Crippen molar-refractivity contribution in [2.45, 2.75) is 46.2 Å². The minimum Gasteiger partial charge on any atom is -0.328 e. The zero-order valence-electron chi connectivity index (χ0n) is 18.8. The zero-order chi connectivity index (χ0) is 23.2. The van der Waals surface area contributed by atoms with Crippen LogP contribution in [0.2, 0.25) is 0 Å². The van der Waals surface area contributed by atoms with Crippen LogP contribution in [-0.4, -0.2) is 15.8 Å². The number of fused-ring (bicyclic) bond motifs is 1. The van der Waals surface area contributed by atoms with Gasteiger partial charge in [-0.05, 0) is 63.7 Å². The summed E-state index contributed by atoms with van der Waals surface area (Å²) in [5.74, 6) is -1.61. The quantitative estimate of drug-likeness (QED) is 0.613. The van der Waals surface area contributed by atoms with E-state index in [4.69, 9.17) is 0 Å². The highest BCUT2D eigenvalue weighted by molar-refractivity contribution is 5.97. The Morgan fingerprint density at radius 2 is 1.81 bits per heavy atom. The number of amides is 1. The molecule has 164 valence electrons. The van der Waals surface area contributed by atoms with E-state index in [1.807, 2.05) is 25.1 Å². The Balaban J connectivity index is 1.67. The number of pyridine rings is 1. The SMILES string of the molecule is C=c1cc(C(C)(C)C)cc/c1=C(/C)c1cc(F)c(CN2Cc3ncccc3C2=O)c(F)c1. The number of rotatable bonds is 3. The molecule has 0 aliphatic carbocycles. The van der Waals surface area contributed by atoms with Crippen LogP contribution in [0.5, 0.6) is 0 Å². The molecule has 32 heavy (non-hydrogen) atoms. The summed E-state index contributed by atoms with van der Waals surface area (Å²) in [5.41, 5.74) is 3.32. The molecule has 2 aromatic carbocycles. The first-order valence-corrected chi connectivity index (χ1v) is 10.6. The third-order valence-corrected chi connectivity index (χ3v) is 6.05. The lowest BCUT2D eigenvalue weighted by molar-refractivity contribution is 0.0763. The normalized spacial score (nSPS) is 14.6. The van der Waals surface area contributed by atoms with Gasteiger partial charge in [0.2, 0.25) is 0 Å². The average molecular weight is 433 g/mol. The van der Waals surface area contributed by atoms with Crippen LogP contribution in [0.15, 0.2) is 48.7 Å². The first-order chi connectivity index (χ1) is 15.1. The van der Waals surface area contributed by atoms with Crippen molar-refractivity contribution in [1.82, 2.24) is 9.88 Å². The van der Waals surface area contributed by atoms with Gasteiger partial charge >= 0.3 is 0 Å². The fourth-order valence-electron chi connectivity index (χ4n) is 4.05. The molecule has 0 saturated heterocycles. The van der Waals surface area contributed by atoms with Gasteiger partial charge in [0.05, 0.1) is 24.3 Å². The Labute approximate surface area is 186 Å². The van der Waals surface area contributed by atoms with E-state index in [0.717, 1.165) is 21.6 Å². The lowest BCUT2D eigenvalue weighted by Gasteiger charge is -2.19. The van der Waals surface area contributed by atoms with Gasteiger partial charge in [-0.15, -0.1) is 0 Å². The van der Waals surface area contributed by atoms with Gasteiger partial charge in [0.1, 0.15) is 11.6 Å². The lowest BCUT2D eigenvalue weighted by atomic mass is 9.86. The first kappa shape index (κ1) is 21.9. The van der Waals surface area contributed by atoms with Gasteiger partial charge in [-0.3, -0.25) is 9.78 Å². The van der Waals surface area contributed by atoms with E-state index < -0.39 is 11.6 Å². The molecule has 0 atom stereocenters. The summed E-state index contributed by atoms with van der Waals surface area (Å²) in [6, 6.07) is 12.0. The maximum Gasteiger partial charge on any atom is 0.256 e. The molecule has 0 radical (unpaired) electrons. The molecule has 0 fully saturated rings. The van der Waals surface area contributed by atoms with Gasteiger partial charge in [-0.1, -0.05) is 45.5 Å². The number of carbonyl (C=O) groups is 1. The summed E-state index contributed by atoms with van der Waals surface area (Å²) in [6.07, 6.45) is 1.61. The van der Waals surface area contributed by atoms with Crippen LogP contribution >= 0.6 is 0 Å². The molecule has 1 amide bonds. The van der Waals surface area contributed by atoms with Crippen molar-refractivity contribution in [3.8, 4) is 0 Å². The van der Waals surface area contributed by atoms with E-state index in [1.54, 1.807) is 18.3 Å². The van der Waals surface area contributed by atoms with Gasteiger partial charge in [0.25, 0.3) is 5.91 Å². The van der Waals surface area contributed by atoms with Crippen LogP contribution in [0.1, 0.15) is 60.4 Å². The zero-order valence-corrected chi connectivity index (χ0v) is 18.8. The largest absolute Gasteiger partial charge is 0.328 e. The molecule has 1 aliphatic rings. The Bertz CT molecular complexity index is 1320. The molecule has 0 bridgehead atoms. The van der Waals surface area contributed by atoms with Gasteiger partial charge in [-0.25, -0.2) is 8.78 Å². The second-order valence-corrected chi connectivity index (χ2v) is 9.32. The first-order valence-electron chi connectivity index (χ1n) is 10.6. The molecule has 2 heterocycles. The van der Waals surface area contributed by atoms with Gasteiger partial charge in [-0.2, -0.15) is 0 Å². The molecule has 3 aromatic rings. The maximum atomic E-state index is 15.0. The standard InChI is InChI=1S/C27H26F2N2O/c1-16-11-19(27(3,4)5)8-9-20(16)17(2)18-12-23(28)22(24(29)13-18)14-31-15-25-21(26(31)32)7-6-10-30-25/h6-13H,1,14-15H2,2-5H3/b20-17+. The maximum absolute atomic E-state index is 15.0. The third kappa shape index (κ3) is 3.95. The molecule has 0 saturated carbocycles. The van der Waals surface area contributed by atoms with Crippen LogP contribution in [0.25, 0.3) is 12.2 Å². The summed E-state index contributed by atoms with van der Waals surface area (Å²) in [4.78, 5) is 18.1. The van der Waals surface area contributed by atoms with E-state index in [9.17, 15) is 13.6 Å². The second kappa shape index (κ2) is 7.97. The molecule has 0 unspecified atom stereocenters. The Morgan fingerprint density at radius 1 is 1.12 bits per heavy atom. The predicted molar refractivity (Wildman–Crippen MR) is 122 cm³/mol. The Morgan fingerprint density at radius 3 is 2.41 bits per heavy atom. The molecule has 4 rings (SSSR count). The highest BCUT2D eigenvalue weighted by Crippen LogP contribution is 2.26. The predicted octanol–water partition coefficient (Wildman–Crippen LogP) is 4.44. The number of carbonyl (C=O) groups excluding carboxylic acids is 1. The number of halogens is 2. The van der Waals surface area contributed by atoms with Gasteiger partial charge in [0, 0.05) is 11.8 Å². The molecule has 5 heteroatoms. The molecule has 0 spiro atoms.